The first kappa shape index (κ1) is 19.6. The summed E-state index contributed by atoms with van der Waals surface area (Å²) < 4.78 is 45.0. The van der Waals surface area contributed by atoms with Crippen LogP contribution in [0.5, 0.6) is 5.75 Å². The highest BCUT2D eigenvalue weighted by Crippen LogP contribution is 2.47. The molecule has 30 heavy (non-hydrogen) atoms. The lowest BCUT2D eigenvalue weighted by atomic mass is 9.93. The molecule has 2 fully saturated rings. The van der Waals surface area contributed by atoms with Gasteiger partial charge in [-0.25, -0.2) is 0 Å². The molecule has 2 aromatic rings. The van der Waals surface area contributed by atoms with Gasteiger partial charge in [0, 0.05) is 17.5 Å². The average molecular weight is 421 g/mol. The van der Waals surface area contributed by atoms with Crippen molar-refractivity contribution in [3.8, 4) is 17.0 Å². The Bertz CT molecular complexity index is 982. The summed E-state index contributed by atoms with van der Waals surface area (Å²) in [6.45, 7) is 0. The van der Waals surface area contributed by atoms with E-state index < -0.39 is 23.6 Å². The van der Waals surface area contributed by atoms with Crippen LogP contribution < -0.4 is 5.32 Å². The summed E-state index contributed by atoms with van der Waals surface area (Å²) in [5, 5.41) is 32.4. The van der Waals surface area contributed by atoms with Crippen LogP contribution in [0.1, 0.15) is 54.9 Å². The van der Waals surface area contributed by atoms with Gasteiger partial charge in [-0.2, -0.15) is 13.2 Å². The number of aliphatic hydroxyl groups excluding tert-OH is 1. The van der Waals surface area contributed by atoms with Gasteiger partial charge in [-0.05, 0) is 55.9 Å². The van der Waals surface area contributed by atoms with E-state index in [4.69, 9.17) is 4.74 Å². The second kappa shape index (κ2) is 7.09. The lowest BCUT2D eigenvalue weighted by Gasteiger charge is -2.29. The van der Waals surface area contributed by atoms with Crippen LogP contribution in [0.25, 0.3) is 11.3 Å². The zero-order valence-electron chi connectivity index (χ0n) is 16.1. The SMILES string of the molecule is Oc1cc(C(F)(F)F)ccc1-c1nnc(N[C@@H]2CCC[C@H]2O)c2c1CC1CCC2O1. The van der Waals surface area contributed by atoms with Gasteiger partial charge in [-0.15, -0.1) is 10.2 Å². The third-order valence-corrected chi connectivity index (χ3v) is 6.36. The van der Waals surface area contributed by atoms with Gasteiger partial charge in [0.2, 0.25) is 0 Å². The average Bonchev–Trinajstić information content (AvgIpc) is 3.27. The van der Waals surface area contributed by atoms with Crippen molar-refractivity contribution in [1.29, 1.82) is 0 Å². The molecule has 1 aliphatic carbocycles. The fourth-order valence-electron chi connectivity index (χ4n) is 4.85. The second-order valence-electron chi connectivity index (χ2n) is 8.30. The smallest absolute Gasteiger partial charge is 0.416 e. The highest BCUT2D eigenvalue weighted by atomic mass is 19.4. The number of alkyl halides is 3. The van der Waals surface area contributed by atoms with Crippen LogP contribution in [0.3, 0.4) is 0 Å². The molecule has 2 bridgehead atoms. The Morgan fingerprint density at radius 3 is 2.63 bits per heavy atom. The monoisotopic (exact) mass is 421 g/mol. The summed E-state index contributed by atoms with van der Waals surface area (Å²) in [5.74, 6) is 0.0727. The van der Waals surface area contributed by atoms with Crippen LogP contribution in [0, 0.1) is 0 Å². The molecule has 0 radical (unpaired) electrons. The topological polar surface area (TPSA) is 87.5 Å². The van der Waals surface area contributed by atoms with E-state index >= 15 is 0 Å². The Kier molecular flexibility index (Phi) is 4.62. The van der Waals surface area contributed by atoms with Gasteiger partial charge in [0.05, 0.1) is 29.9 Å². The molecule has 4 atom stereocenters. The quantitative estimate of drug-likeness (QED) is 0.695. The van der Waals surface area contributed by atoms with E-state index in [9.17, 15) is 23.4 Å². The molecule has 3 N–H and O–H groups in total. The minimum atomic E-state index is -4.54. The summed E-state index contributed by atoms with van der Waals surface area (Å²) in [6, 6.07) is 2.79. The van der Waals surface area contributed by atoms with E-state index in [2.05, 4.69) is 15.5 Å². The predicted octanol–water partition coefficient (Wildman–Crippen LogP) is 3.97. The number of halogens is 3. The number of hydrogen-bond acceptors (Lipinski definition) is 6. The number of nitrogens with one attached hydrogen (secondary N) is 1. The van der Waals surface area contributed by atoms with Crippen LogP contribution in [0.2, 0.25) is 0 Å². The minimum Gasteiger partial charge on any atom is -0.507 e. The molecule has 2 aliphatic heterocycles. The van der Waals surface area contributed by atoms with Crippen molar-refractivity contribution in [3.05, 3.63) is 34.9 Å². The molecule has 1 saturated heterocycles. The number of aromatic hydroxyl groups is 1. The summed E-state index contributed by atoms with van der Waals surface area (Å²) in [7, 11) is 0. The second-order valence-corrected chi connectivity index (χ2v) is 8.30. The van der Waals surface area contributed by atoms with Crippen LogP contribution in [0.4, 0.5) is 19.0 Å². The van der Waals surface area contributed by atoms with Crippen molar-refractivity contribution in [2.45, 2.75) is 69.1 Å². The Hall–Kier alpha value is -2.39. The third kappa shape index (κ3) is 3.30. The van der Waals surface area contributed by atoms with E-state index in [-0.39, 0.29) is 23.8 Å². The van der Waals surface area contributed by atoms with Gasteiger partial charge < -0.3 is 20.3 Å². The molecule has 1 saturated carbocycles. The number of phenolic OH excluding ortho intramolecular Hbond substituents is 1. The Labute approximate surface area is 171 Å². The van der Waals surface area contributed by atoms with E-state index in [0.717, 1.165) is 55.4 Å². The molecule has 0 spiro atoms. The molecule has 0 amide bonds. The lowest BCUT2D eigenvalue weighted by Crippen LogP contribution is -2.30. The molecule has 2 unspecified atom stereocenters. The molecular formula is C21H22F3N3O3. The Morgan fingerprint density at radius 1 is 1.10 bits per heavy atom. The van der Waals surface area contributed by atoms with Gasteiger partial charge >= 0.3 is 6.18 Å². The van der Waals surface area contributed by atoms with Gasteiger partial charge in [-0.3, -0.25) is 0 Å². The first-order valence-corrected chi connectivity index (χ1v) is 10.2. The number of ether oxygens (including phenoxy) is 1. The van der Waals surface area contributed by atoms with Crippen LogP contribution in [0.15, 0.2) is 18.2 Å². The van der Waals surface area contributed by atoms with Crippen LogP contribution in [-0.4, -0.2) is 38.7 Å². The van der Waals surface area contributed by atoms with E-state index in [0.29, 0.717) is 17.9 Å². The first-order chi connectivity index (χ1) is 14.3. The summed E-state index contributed by atoms with van der Waals surface area (Å²) in [4.78, 5) is 0. The number of anilines is 1. The van der Waals surface area contributed by atoms with Gasteiger partial charge in [0.1, 0.15) is 11.4 Å². The fraction of sp³-hybridized carbons (Fsp3) is 0.524. The Morgan fingerprint density at radius 2 is 1.93 bits per heavy atom. The number of aliphatic hydroxyl groups is 1. The minimum absolute atomic E-state index is 0.0203. The molecule has 1 aromatic carbocycles. The molecule has 6 nitrogen and oxygen atoms in total. The number of rotatable bonds is 3. The number of benzene rings is 1. The number of aromatic nitrogens is 2. The van der Waals surface area contributed by atoms with Crippen molar-refractivity contribution < 1.29 is 28.1 Å². The number of nitrogens with zero attached hydrogens (tertiary/aromatic N) is 2. The maximum atomic E-state index is 13.0. The van der Waals surface area contributed by atoms with Gasteiger partial charge in [0.25, 0.3) is 0 Å². The van der Waals surface area contributed by atoms with Crippen molar-refractivity contribution >= 4 is 5.82 Å². The maximum Gasteiger partial charge on any atom is 0.416 e. The normalized spacial score (nSPS) is 27.9. The van der Waals surface area contributed by atoms with Crippen molar-refractivity contribution in [2.24, 2.45) is 0 Å². The fourth-order valence-corrected chi connectivity index (χ4v) is 4.85. The van der Waals surface area contributed by atoms with Crippen molar-refractivity contribution in [2.75, 3.05) is 5.32 Å². The number of phenols is 1. The van der Waals surface area contributed by atoms with Crippen molar-refractivity contribution in [1.82, 2.24) is 10.2 Å². The zero-order valence-corrected chi connectivity index (χ0v) is 16.1. The Balaban J connectivity index is 1.58. The lowest BCUT2D eigenvalue weighted by molar-refractivity contribution is -0.137. The summed E-state index contributed by atoms with van der Waals surface area (Å²) in [6.07, 6.45) is -0.413. The molecule has 3 heterocycles. The highest BCUT2D eigenvalue weighted by molar-refractivity contribution is 5.73. The maximum absolute atomic E-state index is 13.0. The van der Waals surface area contributed by atoms with E-state index in [1.165, 1.54) is 6.07 Å². The van der Waals surface area contributed by atoms with Gasteiger partial charge in [-0.1, -0.05) is 0 Å². The number of fused-ring (bicyclic) bond motifs is 4. The largest absolute Gasteiger partial charge is 0.507 e. The summed E-state index contributed by atoms with van der Waals surface area (Å²) in [5.41, 5.74) is 1.37. The van der Waals surface area contributed by atoms with Gasteiger partial charge in [0.15, 0.2) is 5.82 Å². The standard InChI is InChI=1S/C21H22F3N3O3/c22-21(23,24)10-4-6-12(16(29)8-10)19-13-9-11-5-7-17(30-11)18(13)20(27-26-19)25-14-2-1-3-15(14)28/h4,6,8,11,14-15,17,28-29H,1-3,5,7,9H2,(H,25,27)/t11?,14-,15-,17?/m1/s1. The van der Waals surface area contributed by atoms with Crippen LogP contribution >= 0.6 is 0 Å². The molecule has 3 aliphatic rings. The van der Waals surface area contributed by atoms with E-state index in [1.807, 2.05) is 0 Å². The molecule has 9 heteroatoms. The first-order valence-electron chi connectivity index (χ1n) is 10.2. The number of hydrogen-bond donors (Lipinski definition) is 3. The zero-order chi connectivity index (χ0) is 21.0. The third-order valence-electron chi connectivity index (χ3n) is 6.36. The molecule has 160 valence electrons. The van der Waals surface area contributed by atoms with E-state index in [1.54, 1.807) is 0 Å². The molecule has 5 rings (SSSR count). The molecular weight excluding hydrogens is 399 g/mol. The molecule has 1 aromatic heterocycles. The highest BCUT2D eigenvalue weighted by Gasteiger charge is 2.40. The van der Waals surface area contributed by atoms with Crippen molar-refractivity contribution in [3.63, 3.8) is 0 Å². The van der Waals surface area contributed by atoms with Crippen LogP contribution in [-0.2, 0) is 17.3 Å². The predicted molar refractivity (Wildman–Crippen MR) is 102 cm³/mol. The summed E-state index contributed by atoms with van der Waals surface area (Å²) >= 11 is 0.